The van der Waals surface area contributed by atoms with Crippen LogP contribution in [0.1, 0.15) is 53.6 Å². The van der Waals surface area contributed by atoms with Gasteiger partial charge in [0.2, 0.25) is 11.6 Å². The Kier molecular flexibility index (Phi) is 5.85. The minimum atomic E-state index is -0.917. The van der Waals surface area contributed by atoms with Gasteiger partial charge in [0.15, 0.2) is 0 Å². The van der Waals surface area contributed by atoms with Crippen LogP contribution in [-0.2, 0) is 4.79 Å². The van der Waals surface area contributed by atoms with E-state index in [1.165, 1.54) is 0 Å². The van der Waals surface area contributed by atoms with E-state index in [0.717, 1.165) is 24.1 Å². The number of allylic oxidation sites excluding steroid dienone is 3. The molecule has 0 radical (unpaired) electrons. The van der Waals surface area contributed by atoms with Gasteiger partial charge in [-0.3, -0.25) is 15.5 Å². The van der Waals surface area contributed by atoms with Crippen molar-refractivity contribution in [3.63, 3.8) is 0 Å². The summed E-state index contributed by atoms with van der Waals surface area (Å²) in [5.74, 6) is -0.506. The maximum absolute atomic E-state index is 13.3. The normalized spacial score (nSPS) is 18.2. The smallest absolute Gasteiger partial charge is 0.331 e. The van der Waals surface area contributed by atoms with Crippen molar-refractivity contribution >= 4 is 34.9 Å². The summed E-state index contributed by atoms with van der Waals surface area (Å²) in [5, 5.41) is 20.0. The lowest BCUT2D eigenvalue weighted by Crippen LogP contribution is -2.78. The molecule has 0 amide bonds. The molecule has 31 heavy (non-hydrogen) atoms. The summed E-state index contributed by atoms with van der Waals surface area (Å²) in [5.41, 5.74) is 2.86. The van der Waals surface area contributed by atoms with Gasteiger partial charge in [-0.2, -0.15) is 0 Å². The van der Waals surface area contributed by atoms with E-state index < -0.39 is 11.8 Å². The fourth-order valence-electron chi connectivity index (χ4n) is 3.89. The van der Waals surface area contributed by atoms with E-state index in [4.69, 9.17) is 17.0 Å². The first kappa shape index (κ1) is 21.2. The van der Waals surface area contributed by atoms with E-state index in [1.54, 1.807) is 36.5 Å². The maximum atomic E-state index is 13.3. The number of nitrogens with one attached hydrogen (secondary N) is 1. The molecular formula is C24H23ClN3O3+. The fraction of sp³-hybridized carbons (Fsp3) is 0.250. The molecule has 1 heterocycles. The number of nitrogens with zero attached hydrogens (tertiary/aromatic N) is 1. The number of pyridine rings is 1. The molecule has 1 atom stereocenters. The topological polar surface area (TPSA) is 108 Å². The van der Waals surface area contributed by atoms with E-state index in [2.05, 4.69) is 4.98 Å². The van der Waals surface area contributed by atoms with Crippen molar-refractivity contribution < 1.29 is 20.0 Å². The van der Waals surface area contributed by atoms with Crippen LogP contribution in [0, 0.1) is 11.3 Å². The Hall–Kier alpha value is -3.09. The van der Waals surface area contributed by atoms with Crippen LogP contribution in [0.15, 0.2) is 60.0 Å². The van der Waals surface area contributed by atoms with Gasteiger partial charge >= 0.3 is 5.97 Å². The Morgan fingerprint density at radius 1 is 1.19 bits per heavy atom. The summed E-state index contributed by atoms with van der Waals surface area (Å²) in [6, 6.07) is 8.85. The Labute approximate surface area is 185 Å². The number of rotatable bonds is 7. The summed E-state index contributed by atoms with van der Waals surface area (Å²) in [4.78, 5) is 28.9. The van der Waals surface area contributed by atoms with Gasteiger partial charge in [-0.1, -0.05) is 30.7 Å². The molecule has 4 N–H and O–H groups in total. The zero-order chi connectivity index (χ0) is 22.1. The Balaban J connectivity index is 1.65. The van der Waals surface area contributed by atoms with Crippen LogP contribution in [0.4, 0.5) is 5.82 Å². The lowest BCUT2D eigenvalue weighted by Gasteiger charge is -2.18. The highest BCUT2D eigenvalue weighted by Gasteiger charge is 2.32. The molecule has 2 aliphatic rings. The Morgan fingerprint density at radius 3 is 2.65 bits per heavy atom. The average Bonchev–Trinajstić information content (AvgIpc) is 3.59. The third-order valence-corrected chi connectivity index (χ3v) is 6.09. The van der Waals surface area contributed by atoms with Crippen molar-refractivity contribution in [1.82, 2.24) is 4.98 Å². The fourth-order valence-corrected chi connectivity index (χ4v) is 4.16. The van der Waals surface area contributed by atoms with Crippen molar-refractivity contribution in [2.24, 2.45) is 5.92 Å². The highest BCUT2D eigenvalue weighted by Crippen LogP contribution is 2.43. The lowest BCUT2D eigenvalue weighted by atomic mass is 9.92. The molecule has 1 saturated carbocycles. The second-order valence-corrected chi connectivity index (χ2v) is 8.44. The number of ketones is 1. The summed E-state index contributed by atoms with van der Waals surface area (Å²) < 4.78 is 0. The number of aromatic nitrogens is 1. The van der Waals surface area contributed by atoms with Crippen molar-refractivity contribution in [3.05, 3.63) is 81.7 Å². The minimum Gasteiger partial charge on any atom is -0.478 e. The number of nitrogens with two attached hydrogens (primary N) is 1. The second kappa shape index (κ2) is 8.57. The van der Waals surface area contributed by atoms with E-state index in [0.29, 0.717) is 39.9 Å². The molecule has 7 heteroatoms. The molecule has 1 unspecified atom stereocenters. The molecule has 0 bridgehead atoms. The number of carboxylic acids is 1. The first-order chi connectivity index (χ1) is 14.9. The van der Waals surface area contributed by atoms with Crippen LogP contribution in [0.3, 0.4) is 0 Å². The van der Waals surface area contributed by atoms with Crippen LogP contribution in [0.2, 0.25) is 5.02 Å². The van der Waals surface area contributed by atoms with E-state index in [9.17, 15) is 14.7 Å². The van der Waals surface area contributed by atoms with Crippen LogP contribution in [0.25, 0.3) is 0 Å². The molecule has 0 aliphatic heterocycles. The van der Waals surface area contributed by atoms with Crippen molar-refractivity contribution in [1.29, 1.82) is 5.41 Å². The first-order valence-corrected chi connectivity index (χ1v) is 10.6. The van der Waals surface area contributed by atoms with Crippen LogP contribution in [-0.4, -0.2) is 27.6 Å². The summed E-state index contributed by atoms with van der Waals surface area (Å²) >= 11 is 6.38. The quantitative estimate of drug-likeness (QED) is 0.450. The standard InChI is InChI=1S/C24H22ClN3O3/c1-13-12-15(24(30)31)9-10-19(13)28-23-17(5-3-11-27-23)21(26)22(29)20-16(14-7-8-14)4-2-6-18(20)25/h2-6,9-11,13-14,26H,7-8,12H2,1H3,(H,27,28)(H,30,31)/p+1. The molecule has 6 nitrogen and oxygen atoms in total. The highest BCUT2D eigenvalue weighted by atomic mass is 35.5. The first-order valence-electron chi connectivity index (χ1n) is 10.2. The average molecular weight is 437 g/mol. The number of carbonyl (C=O) groups is 2. The number of aliphatic carboxylic acids is 1. The van der Waals surface area contributed by atoms with Gasteiger partial charge < -0.3 is 5.11 Å². The summed E-state index contributed by atoms with van der Waals surface area (Å²) in [6.45, 7) is 1.95. The van der Waals surface area contributed by atoms with Gasteiger partial charge in [-0.25, -0.2) is 9.78 Å². The third kappa shape index (κ3) is 4.36. The van der Waals surface area contributed by atoms with Crippen LogP contribution >= 0.6 is 11.6 Å². The zero-order valence-electron chi connectivity index (χ0n) is 17.1. The number of carbonyl (C=O) groups excluding carboxylic acids is 1. The number of Topliss-reactive ketones (excluding diaryl/α,β-unsaturated/α-hetero) is 1. The number of hydrogen-bond donors (Lipinski definition) is 3. The number of quaternary nitrogens is 1. The monoisotopic (exact) mass is 436 g/mol. The second-order valence-electron chi connectivity index (χ2n) is 8.03. The van der Waals surface area contributed by atoms with E-state index >= 15 is 0 Å². The van der Waals surface area contributed by atoms with Gasteiger partial charge in [0.1, 0.15) is 11.4 Å². The number of halogens is 1. The molecule has 4 rings (SSSR count). The Morgan fingerprint density at radius 2 is 1.97 bits per heavy atom. The predicted octanol–water partition coefficient (Wildman–Crippen LogP) is 3.99. The molecule has 0 saturated heterocycles. The van der Waals surface area contributed by atoms with Gasteiger partial charge in [-0.05, 0) is 61.1 Å². The molecule has 0 spiro atoms. The van der Waals surface area contributed by atoms with Gasteiger partial charge in [0, 0.05) is 23.3 Å². The van der Waals surface area contributed by atoms with Crippen LogP contribution < -0.4 is 5.32 Å². The lowest BCUT2D eigenvalue weighted by molar-refractivity contribution is -0.529. The largest absolute Gasteiger partial charge is 0.478 e. The molecule has 2 aliphatic carbocycles. The molecule has 1 aromatic heterocycles. The highest BCUT2D eigenvalue weighted by molar-refractivity contribution is 6.53. The molecule has 1 fully saturated rings. The van der Waals surface area contributed by atoms with Crippen LogP contribution in [0.5, 0.6) is 0 Å². The SMILES string of the molecule is CC1CC(C(=O)O)=CC=C1[NH2+]c1ncccc1C(=N)C(=O)c1c(Cl)cccc1C1CC1. The molecular weight excluding hydrogens is 414 g/mol. The van der Waals surface area contributed by atoms with Gasteiger partial charge in [-0.15, -0.1) is 0 Å². The molecule has 2 aromatic rings. The third-order valence-electron chi connectivity index (χ3n) is 5.78. The van der Waals surface area contributed by atoms with E-state index in [-0.39, 0.29) is 11.6 Å². The molecule has 1 aromatic carbocycles. The summed E-state index contributed by atoms with van der Waals surface area (Å²) in [7, 11) is 0. The zero-order valence-corrected chi connectivity index (χ0v) is 17.8. The minimum absolute atomic E-state index is 0.0131. The van der Waals surface area contributed by atoms with Gasteiger partial charge in [0.05, 0.1) is 10.6 Å². The number of benzene rings is 1. The number of hydrogen-bond acceptors (Lipinski definition) is 4. The van der Waals surface area contributed by atoms with Crippen molar-refractivity contribution in [3.8, 4) is 0 Å². The predicted molar refractivity (Wildman–Crippen MR) is 118 cm³/mol. The number of carboxylic acid groups (broad SMARTS) is 1. The van der Waals surface area contributed by atoms with Crippen molar-refractivity contribution in [2.45, 2.75) is 32.1 Å². The van der Waals surface area contributed by atoms with E-state index in [1.807, 2.05) is 24.4 Å². The Bertz CT molecular complexity index is 1150. The molecule has 158 valence electrons. The van der Waals surface area contributed by atoms with Gasteiger partial charge in [0.25, 0.3) is 0 Å². The maximum Gasteiger partial charge on any atom is 0.331 e. The van der Waals surface area contributed by atoms with Crippen molar-refractivity contribution in [2.75, 3.05) is 0 Å². The summed E-state index contributed by atoms with van der Waals surface area (Å²) in [6.07, 6.45) is 7.45.